The molecular formula is C19H19N3O2S. The number of hydrogen-bond acceptors (Lipinski definition) is 5. The maximum atomic E-state index is 12.7. The minimum Gasteiger partial charge on any atom is -0.373 e. The third-order valence-electron chi connectivity index (χ3n) is 4.33. The molecule has 1 fully saturated rings. The lowest BCUT2D eigenvalue weighted by Crippen LogP contribution is -2.26. The van der Waals surface area contributed by atoms with Gasteiger partial charge in [-0.1, -0.05) is 12.1 Å². The Morgan fingerprint density at radius 3 is 2.92 bits per heavy atom. The number of carbonyl (C=O) groups is 1. The van der Waals surface area contributed by atoms with E-state index >= 15 is 0 Å². The zero-order valence-electron chi connectivity index (χ0n) is 14.0. The fourth-order valence-electron chi connectivity index (χ4n) is 3.02. The molecule has 0 radical (unpaired) electrons. The summed E-state index contributed by atoms with van der Waals surface area (Å²) in [5.41, 5.74) is 2.49. The van der Waals surface area contributed by atoms with Crippen molar-refractivity contribution >= 4 is 28.3 Å². The molecule has 3 aromatic rings. The van der Waals surface area contributed by atoms with Crippen LogP contribution in [0.2, 0.25) is 0 Å². The summed E-state index contributed by atoms with van der Waals surface area (Å²) in [6.07, 6.45) is 4.02. The molecule has 1 aromatic carbocycles. The number of hydrogen-bond donors (Lipinski definition) is 0. The van der Waals surface area contributed by atoms with E-state index in [0.29, 0.717) is 6.54 Å². The van der Waals surface area contributed by atoms with Crippen molar-refractivity contribution in [3.05, 3.63) is 58.0 Å². The highest BCUT2D eigenvalue weighted by atomic mass is 32.1. The summed E-state index contributed by atoms with van der Waals surface area (Å²) in [7, 11) is 1.80. The van der Waals surface area contributed by atoms with E-state index in [9.17, 15) is 4.79 Å². The lowest BCUT2D eigenvalue weighted by atomic mass is 10.2. The number of thiophene rings is 1. The molecule has 1 amide bonds. The van der Waals surface area contributed by atoms with E-state index in [2.05, 4.69) is 9.97 Å². The Kier molecular flexibility index (Phi) is 4.46. The summed E-state index contributed by atoms with van der Waals surface area (Å²) >= 11 is 1.53. The van der Waals surface area contributed by atoms with Crippen LogP contribution in [0.1, 0.15) is 39.2 Å². The van der Waals surface area contributed by atoms with E-state index in [1.54, 1.807) is 18.1 Å². The Morgan fingerprint density at radius 1 is 1.28 bits per heavy atom. The molecule has 4 rings (SSSR count). The van der Waals surface area contributed by atoms with E-state index in [1.165, 1.54) is 11.3 Å². The lowest BCUT2D eigenvalue weighted by Gasteiger charge is -2.16. The standard InChI is InChI=1S/C19H19N3O2S/c1-22(12-13-11-20-14-5-2-3-6-15(14)21-13)19(23)18-9-8-17(25-18)16-7-4-10-24-16/h2-3,5-6,8-9,11,16H,4,7,10,12H2,1H3. The SMILES string of the molecule is CN(Cc1cnc2ccccc2n1)C(=O)c1ccc(C2CCCO2)s1. The number of amides is 1. The van der Waals surface area contributed by atoms with Crippen LogP contribution in [0.3, 0.4) is 0 Å². The number of ether oxygens (including phenoxy) is 1. The zero-order valence-corrected chi connectivity index (χ0v) is 14.8. The van der Waals surface area contributed by atoms with Crippen LogP contribution in [0.25, 0.3) is 11.0 Å². The van der Waals surface area contributed by atoms with Gasteiger partial charge in [0.25, 0.3) is 5.91 Å². The maximum absolute atomic E-state index is 12.7. The molecule has 0 bridgehead atoms. The van der Waals surface area contributed by atoms with Crippen LogP contribution in [0.4, 0.5) is 0 Å². The van der Waals surface area contributed by atoms with Gasteiger partial charge < -0.3 is 9.64 Å². The largest absolute Gasteiger partial charge is 0.373 e. The molecule has 25 heavy (non-hydrogen) atoms. The Bertz CT molecular complexity index is 902. The molecule has 0 saturated carbocycles. The second kappa shape index (κ2) is 6.90. The summed E-state index contributed by atoms with van der Waals surface area (Å²) in [4.78, 5) is 25.2. The van der Waals surface area contributed by atoms with E-state index in [0.717, 1.165) is 45.9 Å². The van der Waals surface area contributed by atoms with Gasteiger partial charge in [-0.25, -0.2) is 4.98 Å². The van der Waals surface area contributed by atoms with Gasteiger partial charge in [-0.2, -0.15) is 0 Å². The van der Waals surface area contributed by atoms with E-state index < -0.39 is 0 Å². The Balaban J connectivity index is 1.47. The van der Waals surface area contributed by atoms with Gasteiger partial charge in [0.05, 0.1) is 40.5 Å². The van der Waals surface area contributed by atoms with Crippen molar-refractivity contribution in [3.63, 3.8) is 0 Å². The van der Waals surface area contributed by atoms with Crippen LogP contribution < -0.4 is 0 Å². The van der Waals surface area contributed by atoms with Gasteiger partial charge in [0.15, 0.2) is 0 Å². The minimum absolute atomic E-state index is 0.00389. The molecular weight excluding hydrogens is 334 g/mol. The third kappa shape index (κ3) is 3.41. The number of carbonyl (C=O) groups excluding carboxylic acids is 1. The van der Waals surface area contributed by atoms with E-state index in [1.807, 2.05) is 36.4 Å². The van der Waals surface area contributed by atoms with Crippen molar-refractivity contribution < 1.29 is 9.53 Å². The van der Waals surface area contributed by atoms with Crippen molar-refractivity contribution in [2.45, 2.75) is 25.5 Å². The number of aromatic nitrogens is 2. The van der Waals surface area contributed by atoms with Crippen LogP contribution in [-0.2, 0) is 11.3 Å². The third-order valence-corrected chi connectivity index (χ3v) is 5.49. The number of nitrogens with zero attached hydrogens (tertiary/aromatic N) is 3. The molecule has 6 heteroatoms. The predicted molar refractivity (Wildman–Crippen MR) is 97.6 cm³/mol. The number of para-hydroxylation sites is 2. The first-order valence-corrected chi connectivity index (χ1v) is 9.20. The molecule has 1 unspecified atom stereocenters. The smallest absolute Gasteiger partial charge is 0.264 e. The van der Waals surface area contributed by atoms with Crippen molar-refractivity contribution in [2.24, 2.45) is 0 Å². The maximum Gasteiger partial charge on any atom is 0.264 e. The minimum atomic E-state index is 0.00389. The molecule has 2 aromatic heterocycles. The van der Waals surface area contributed by atoms with Gasteiger partial charge in [-0.15, -0.1) is 11.3 Å². The molecule has 0 N–H and O–H groups in total. The lowest BCUT2D eigenvalue weighted by molar-refractivity contribution is 0.0788. The molecule has 5 nitrogen and oxygen atoms in total. The van der Waals surface area contributed by atoms with E-state index in [-0.39, 0.29) is 12.0 Å². The zero-order chi connectivity index (χ0) is 17.2. The Morgan fingerprint density at radius 2 is 2.12 bits per heavy atom. The monoisotopic (exact) mass is 353 g/mol. The van der Waals surface area contributed by atoms with Crippen molar-refractivity contribution in [1.82, 2.24) is 14.9 Å². The molecule has 3 heterocycles. The summed E-state index contributed by atoms with van der Waals surface area (Å²) < 4.78 is 5.70. The highest BCUT2D eigenvalue weighted by molar-refractivity contribution is 7.14. The van der Waals surface area contributed by atoms with Gasteiger partial charge in [0.2, 0.25) is 0 Å². The van der Waals surface area contributed by atoms with Crippen molar-refractivity contribution in [3.8, 4) is 0 Å². The fourth-order valence-corrected chi connectivity index (χ4v) is 4.10. The molecule has 128 valence electrons. The highest BCUT2D eigenvalue weighted by Gasteiger charge is 2.22. The summed E-state index contributed by atoms with van der Waals surface area (Å²) in [6.45, 7) is 1.25. The first-order valence-electron chi connectivity index (χ1n) is 8.38. The number of benzene rings is 1. The van der Waals surface area contributed by atoms with Gasteiger partial charge >= 0.3 is 0 Å². The molecule has 0 spiro atoms. The fraction of sp³-hybridized carbons (Fsp3) is 0.316. The average Bonchev–Trinajstić information content (AvgIpc) is 3.32. The quantitative estimate of drug-likeness (QED) is 0.716. The van der Waals surface area contributed by atoms with Gasteiger partial charge in [-0.05, 0) is 37.1 Å². The molecule has 0 aliphatic carbocycles. The van der Waals surface area contributed by atoms with Gasteiger partial charge in [0, 0.05) is 18.5 Å². The summed E-state index contributed by atoms with van der Waals surface area (Å²) in [5, 5.41) is 0. The molecule has 1 aliphatic rings. The Hall–Kier alpha value is -2.31. The number of fused-ring (bicyclic) bond motifs is 1. The first kappa shape index (κ1) is 16.2. The van der Waals surface area contributed by atoms with Crippen LogP contribution in [0.15, 0.2) is 42.6 Å². The molecule has 1 saturated heterocycles. The van der Waals surface area contributed by atoms with E-state index in [4.69, 9.17) is 4.74 Å². The summed E-state index contributed by atoms with van der Waals surface area (Å²) in [6, 6.07) is 11.6. The van der Waals surface area contributed by atoms with Crippen LogP contribution in [0.5, 0.6) is 0 Å². The predicted octanol–water partition coefficient (Wildman–Crippen LogP) is 3.82. The molecule has 1 atom stereocenters. The summed E-state index contributed by atoms with van der Waals surface area (Å²) in [5.74, 6) is 0.00389. The van der Waals surface area contributed by atoms with Gasteiger partial charge in [-0.3, -0.25) is 9.78 Å². The second-order valence-electron chi connectivity index (χ2n) is 6.21. The normalized spacial score (nSPS) is 17.1. The number of rotatable bonds is 4. The Labute approximate surface area is 150 Å². The van der Waals surface area contributed by atoms with Crippen LogP contribution in [-0.4, -0.2) is 34.4 Å². The van der Waals surface area contributed by atoms with Crippen molar-refractivity contribution in [2.75, 3.05) is 13.7 Å². The highest BCUT2D eigenvalue weighted by Crippen LogP contribution is 2.33. The second-order valence-corrected chi connectivity index (χ2v) is 7.33. The molecule has 1 aliphatic heterocycles. The van der Waals surface area contributed by atoms with Gasteiger partial charge in [0.1, 0.15) is 0 Å². The van der Waals surface area contributed by atoms with Crippen LogP contribution >= 0.6 is 11.3 Å². The first-order chi connectivity index (χ1) is 12.2. The van der Waals surface area contributed by atoms with Crippen molar-refractivity contribution in [1.29, 1.82) is 0 Å². The topological polar surface area (TPSA) is 55.3 Å². The van der Waals surface area contributed by atoms with Crippen LogP contribution in [0, 0.1) is 0 Å². The average molecular weight is 353 g/mol.